The molecule has 0 heterocycles. The van der Waals surface area contributed by atoms with Crippen LogP contribution < -0.4 is 0 Å². The first kappa shape index (κ1) is 23.4. The van der Waals surface area contributed by atoms with Crippen LogP contribution in [0.4, 0.5) is 0 Å². The molecule has 0 N–H and O–H groups in total. The third kappa shape index (κ3) is 21.4. The van der Waals surface area contributed by atoms with Crippen LogP contribution in [-0.2, 0) is 24.9 Å². The molecule has 0 saturated heterocycles. The zero-order valence-corrected chi connectivity index (χ0v) is 16.0. The summed E-state index contributed by atoms with van der Waals surface area (Å²) < 4.78 is 0. The van der Waals surface area contributed by atoms with Crippen LogP contribution in [0.3, 0.4) is 0 Å². The molecule has 0 fully saturated rings. The zero-order chi connectivity index (χ0) is 17.7. The fourth-order valence-electron chi connectivity index (χ4n) is 2.46. The van der Waals surface area contributed by atoms with Crippen LogP contribution in [0.1, 0.15) is 97.8 Å². The van der Waals surface area contributed by atoms with Crippen molar-refractivity contribution in [1.82, 2.24) is 0 Å². The highest BCUT2D eigenvalue weighted by Crippen LogP contribution is 2.13. The minimum Gasteiger partial charge on any atom is -0.314 e. The van der Waals surface area contributed by atoms with Gasteiger partial charge in [-0.2, -0.15) is 0 Å². The van der Waals surface area contributed by atoms with Gasteiger partial charge in [-0.15, -0.1) is 0 Å². The first-order chi connectivity index (χ1) is 11.8. The number of hydrogen-bond acceptors (Lipinski definition) is 5. The van der Waals surface area contributed by atoms with E-state index < -0.39 is 0 Å². The second-order valence-corrected chi connectivity index (χ2v) is 6.66. The van der Waals surface area contributed by atoms with Crippen LogP contribution in [0.5, 0.6) is 0 Å². The summed E-state index contributed by atoms with van der Waals surface area (Å²) in [6, 6.07) is 0. The van der Waals surface area contributed by atoms with E-state index in [1.54, 1.807) is 13.0 Å². The SMILES string of the molecule is CC=COOOOOCCCCCCCCCCCCCC(C)C. The Morgan fingerprint density at radius 2 is 1.21 bits per heavy atom. The van der Waals surface area contributed by atoms with Crippen molar-refractivity contribution in [1.29, 1.82) is 0 Å². The monoisotopic (exact) mass is 346 g/mol. The van der Waals surface area contributed by atoms with Crippen molar-refractivity contribution in [3.05, 3.63) is 12.3 Å². The van der Waals surface area contributed by atoms with E-state index in [1.807, 2.05) is 0 Å². The largest absolute Gasteiger partial charge is 0.314 e. The molecule has 0 spiro atoms. The Kier molecular flexibility index (Phi) is 19.9. The van der Waals surface area contributed by atoms with Gasteiger partial charge in [0.1, 0.15) is 6.26 Å². The summed E-state index contributed by atoms with van der Waals surface area (Å²) in [7, 11) is 0. The highest BCUT2D eigenvalue weighted by atomic mass is 17.8. The molecule has 0 radical (unpaired) electrons. The number of unbranched alkanes of at least 4 members (excludes halogenated alkanes) is 10. The van der Waals surface area contributed by atoms with Gasteiger partial charge in [0.2, 0.25) is 0 Å². The van der Waals surface area contributed by atoms with E-state index in [2.05, 4.69) is 33.8 Å². The molecule has 0 atom stereocenters. The molecule has 0 amide bonds. The van der Waals surface area contributed by atoms with E-state index in [9.17, 15) is 0 Å². The normalized spacial score (nSPS) is 11.7. The Bertz CT molecular complexity index is 256. The fourth-order valence-corrected chi connectivity index (χ4v) is 2.46. The van der Waals surface area contributed by atoms with Crippen molar-refractivity contribution in [2.75, 3.05) is 6.61 Å². The van der Waals surface area contributed by atoms with Gasteiger partial charge in [-0.1, -0.05) is 84.5 Å². The Hall–Kier alpha value is -0.620. The minimum atomic E-state index is 0.489. The summed E-state index contributed by atoms with van der Waals surface area (Å²) >= 11 is 0. The number of hydrogen-bond donors (Lipinski definition) is 0. The van der Waals surface area contributed by atoms with Gasteiger partial charge in [-0.3, -0.25) is 0 Å². The lowest BCUT2D eigenvalue weighted by atomic mass is 10.0. The van der Waals surface area contributed by atoms with Crippen molar-refractivity contribution in [3.8, 4) is 0 Å². The summed E-state index contributed by atoms with van der Waals surface area (Å²) in [6.45, 7) is 6.89. The predicted molar refractivity (Wildman–Crippen MR) is 95.3 cm³/mol. The molecule has 0 rings (SSSR count). The Morgan fingerprint density at radius 3 is 1.75 bits per heavy atom. The highest BCUT2D eigenvalue weighted by molar-refractivity contribution is 4.62. The van der Waals surface area contributed by atoms with Gasteiger partial charge < -0.3 is 4.89 Å². The van der Waals surface area contributed by atoms with Gasteiger partial charge >= 0.3 is 0 Å². The van der Waals surface area contributed by atoms with Crippen LogP contribution in [0, 0.1) is 5.92 Å². The van der Waals surface area contributed by atoms with Gasteiger partial charge in [0.15, 0.2) is 0 Å². The van der Waals surface area contributed by atoms with Gasteiger partial charge in [0, 0.05) is 10.1 Å². The van der Waals surface area contributed by atoms with Crippen molar-refractivity contribution in [2.24, 2.45) is 5.92 Å². The fraction of sp³-hybridized carbons (Fsp3) is 0.895. The van der Waals surface area contributed by atoms with Crippen LogP contribution in [-0.4, -0.2) is 6.61 Å². The van der Waals surface area contributed by atoms with Crippen LogP contribution in [0.2, 0.25) is 0 Å². The summed E-state index contributed by atoms with van der Waals surface area (Å²) in [4.78, 5) is 9.17. The standard InChI is InChI=1S/C19H38O5/c1-4-17-20-22-24-23-21-18-15-13-11-9-7-5-6-8-10-12-14-16-19(2)3/h4,17,19H,5-16,18H2,1-3H3. The molecule has 24 heavy (non-hydrogen) atoms. The van der Waals surface area contributed by atoms with Crippen molar-refractivity contribution < 1.29 is 24.9 Å². The van der Waals surface area contributed by atoms with E-state index in [0.29, 0.717) is 6.61 Å². The second kappa shape index (κ2) is 20.4. The lowest BCUT2D eigenvalue weighted by Gasteiger charge is -2.05. The molecule has 0 aliphatic heterocycles. The molecule has 5 heteroatoms. The summed E-state index contributed by atoms with van der Waals surface area (Å²) in [6.07, 6.45) is 18.8. The Morgan fingerprint density at radius 1 is 0.667 bits per heavy atom. The molecular weight excluding hydrogens is 308 g/mol. The van der Waals surface area contributed by atoms with Gasteiger partial charge in [-0.25, -0.2) is 4.89 Å². The van der Waals surface area contributed by atoms with E-state index in [0.717, 1.165) is 18.8 Å². The van der Waals surface area contributed by atoms with Crippen molar-refractivity contribution in [2.45, 2.75) is 97.8 Å². The summed E-state index contributed by atoms with van der Waals surface area (Å²) in [5.74, 6) is 0.861. The molecule has 5 nitrogen and oxygen atoms in total. The van der Waals surface area contributed by atoms with E-state index in [4.69, 9.17) is 4.89 Å². The lowest BCUT2D eigenvalue weighted by molar-refractivity contribution is -0.700. The average Bonchev–Trinajstić information content (AvgIpc) is 2.56. The summed E-state index contributed by atoms with van der Waals surface area (Å²) in [5, 5.41) is 12.6. The topological polar surface area (TPSA) is 46.2 Å². The molecule has 0 aliphatic rings. The zero-order valence-electron chi connectivity index (χ0n) is 16.0. The average molecular weight is 347 g/mol. The maximum atomic E-state index is 4.77. The molecule has 0 aromatic heterocycles. The van der Waals surface area contributed by atoms with Crippen molar-refractivity contribution in [3.63, 3.8) is 0 Å². The minimum absolute atomic E-state index is 0.489. The first-order valence-corrected chi connectivity index (χ1v) is 9.66. The van der Waals surface area contributed by atoms with Crippen LogP contribution >= 0.6 is 0 Å². The third-order valence-corrected chi connectivity index (χ3v) is 3.84. The maximum Gasteiger partial charge on any atom is 0.128 e. The van der Waals surface area contributed by atoms with Gasteiger partial charge in [-0.05, 0) is 30.4 Å². The second-order valence-electron chi connectivity index (χ2n) is 6.66. The quantitative estimate of drug-likeness (QED) is 0.114. The Balaban J connectivity index is 2.98. The smallest absolute Gasteiger partial charge is 0.128 e. The third-order valence-electron chi connectivity index (χ3n) is 3.84. The van der Waals surface area contributed by atoms with Crippen LogP contribution in [0.25, 0.3) is 0 Å². The van der Waals surface area contributed by atoms with Crippen molar-refractivity contribution >= 4 is 0 Å². The molecule has 0 aromatic rings. The molecule has 144 valence electrons. The molecular formula is C19H38O5. The number of rotatable bonds is 19. The Labute approximate surface area is 148 Å². The molecule has 0 saturated carbocycles. The maximum absolute atomic E-state index is 4.77. The van der Waals surface area contributed by atoms with Gasteiger partial charge in [0.25, 0.3) is 0 Å². The van der Waals surface area contributed by atoms with Gasteiger partial charge in [0.05, 0.1) is 6.61 Å². The van der Waals surface area contributed by atoms with Crippen LogP contribution in [0.15, 0.2) is 12.3 Å². The van der Waals surface area contributed by atoms with E-state index in [1.165, 1.54) is 70.5 Å². The van der Waals surface area contributed by atoms with E-state index >= 15 is 0 Å². The molecule has 0 aromatic carbocycles. The molecule has 0 aliphatic carbocycles. The predicted octanol–water partition coefficient (Wildman–Crippen LogP) is 6.60. The summed E-state index contributed by atoms with van der Waals surface area (Å²) in [5.41, 5.74) is 0. The molecule has 0 unspecified atom stereocenters. The highest BCUT2D eigenvalue weighted by Gasteiger charge is 1.96. The number of allylic oxidation sites excluding steroid dienone is 1. The lowest BCUT2D eigenvalue weighted by Crippen LogP contribution is -1.99. The molecule has 0 bridgehead atoms. The van der Waals surface area contributed by atoms with E-state index in [-0.39, 0.29) is 0 Å². The first-order valence-electron chi connectivity index (χ1n) is 9.66.